The molecule has 0 fully saturated rings. The first-order chi connectivity index (χ1) is 8.38. The van der Waals surface area contributed by atoms with E-state index in [1.807, 2.05) is 12.4 Å². The average Bonchev–Trinajstić information content (AvgIpc) is 2.87. The highest BCUT2D eigenvalue weighted by Gasteiger charge is 2.23. The van der Waals surface area contributed by atoms with Gasteiger partial charge in [0, 0.05) is 43.0 Å². The molecule has 5 heteroatoms. The number of hydrogen-bond acceptors (Lipinski definition) is 4. The lowest BCUT2D eigenvalue weighted by molar-refractivity contribution is 0.550. The molecule has 3 heterocycles. The van der Waals surface area contributed by atoms with Gasteiger partial charge in [-0.25, -0.2) is 15.0 Å². The highest BCUT2D eigenvalue weighted by atomic mass is 15.0. The first kappa shape index (κ1) is 10.4. The number of hydrogen-bond donors (Lipinski definition) is 2. The average molecular weight is 229 g/mol. The Morgan fingerprint density at radius 1 is 1.29 bits per heavy atom. The van der Waals surface area contributed by atoms with Gasteiger partial charge in [-0.05, 0) is 0 Å². The van der Waals surface area contributed by atoms with Gasteiger partial charge in [-0.15, -0.1) is 0 Å². The Balaban J connectivity index is 1.95. The van der Waals surface area contributed by atoms with Gasteiger partial charge in [0.05, 0.1) is 18.1 Å². The fourth-order valence-electron chi connectivity index (χ4n) is 2.19. The van der Waals surface area contributed by atoms with Gasteiger partial charge in [0.1, 0.15) is 5.82 Å². The Bertz CT molecular complexity index is 502. The second kappa shape index (κ2) is 4.25. The Labute approximate surface area is 99.7 Å². The van der Waals surface area contributed by atoms with Crippen molar-refractivity contribution in [2.45, 2.75) is 25.8 Å². The Hall–Kier alpha value is -1.75. The van der Waals surface area contributed by atoms with Crippen molar-refractivity contribution in [3.63, 3.8) is 0 Å². The van der Waals surface area contributed by atoms with Crippen LogP contribution in [0.15, 0.2) is 18.7 Å². The standard InChI is InChI=1S/C12H15N5/c1-2-10-14-5-8(6-15-10)11-12-9(3-4-13-11)16-7-17-12/h5-7,11,13H,2-4H2,1H3,(H,16,17)/t11-/m1/s1. The van der Waals surface area contributed by atoms with E-state index in [4.69, 9.17) is 0 Å². The summed E-state index contributed by atoms with van der Waals surface area (Å²) in [7, 11) is 0. The molecular formula is C12H15N5. The van der Waals surface area contributed by atoms with Crippen LogP contribution in [0.5, 0.6) is 0 Å². The molecule has 0 radical (unpaired) electrons. The monoisotopic (exact) mass is 229 g/mol. The molecule has 1 aliphatic rings. The van der Waals surface area contributed by atoms with Crippen molar-refractivity contribution < 1.29 is 0 Å². The quantitative estimate of drug-likeness (QED) is 0.806. The van der Waals surface area contributed by atoms with Crippen LogP contribution in [0.2, 0.25) is 0 Å². The second-order valence-electron chi connectivity index (χ2n) is 4.19. The third-order valence-corrected chi connectivity index (χ3v) is 3.12. The van der Waals surface area contributed by atoms with Crippen LogP contribution in [0, 0.1) is 0 Å². The molecule has 0 aromatic carbocycles. The molecule has 2 aromatic heterocycles. The molecule has 0 unspecified atom stereocenters. The minimum absolute atomic E-state index is 0.121. The zero-order valence-electron chi connectivity index (χ0n) is 9.77. The maximum absolute atomic E-state index is 4.38. The predicted octanol–water partition coefficient (Wildman–Crippen LogP) is 0.997. The Morgan fingerprint density at radius 3 is 2.88 bits per heavy atom. The molecule has 2 aromatic rings. The zero-order chi connectivity index (χ0) is 11.7. The van der Waals surface area contributed by atoms with Crippen LogP contribution < -0.4 is 5.32 Å². The summed E-state index contributed by atoms with van der Waals surface area (Å²) in [5.41, 5.74) is 3.37. The maximum Gasteiger partial charge on any atom is 0.127 e. The van der Waals surface area contributed by atoms with E-state index < -0.39 is 0 Å². The van der Waals surface area contributed by atoms with Crippen LogP contribution in [0.4, 0.5) is 0 Å². The number of H-pyrrole nitrogens is 1. The van der Waals surface area contributed by atoms with E-state index >= 15 is 0 Å². The van der Waals surface area contributed by atoms with E-state index in [-0.39, 0.29) is 6.04 Å². The highest BCUT2D eigenvalue weighted by Crippen LogP contribution is 2.24. The predicted molar refractivity (Wildman–Crippen MR) is 63.5 cm³/mol. The van der Waals surface area contributed by atoms with Crippen LogP contribution in [-0.2, 0) is 12.8 Å². The minimum Gasteiger partial charge on any atom is -0.348 e. The number of aromatic amines is 1. The maximum atomic E-state index is 4.38. The van der Waals surface area contributed by atoms with Gasteiger partial charge in [-0.2, -0.15) is 0 Å². The summed E-state index contributed by atoms with van der Waals surface area (Å²) in [4.78, 5) is 16.3. The van der Waals surface area contributed by atoms with Crippen molar-refractivity contribution in [2.75, 3.05) is 6.54 Å². The van der Waals surface area contributed by atoms with Gasteiger partial charge in [0.2, 0.25) is 0 Å². The molecule has 0 saturated carbocycles. The molecule has 3 rings (SSSR count). The van der Waals surface area contributed by atoms with E-state index in [9.17, 15) is 0 Å². The van der Waals surface area contributed by atoms with Crippen molar-refractivity contribution in [3.8, 4) is 0 Å². The lowest BCUT2D eigenvalue weighted by Crippen LogP contribution is -2.30. The Kier molecular flexibility index (Phi) is 2.60. The molecule has 0 bridgehead atoms. The van der Waals surface area contributed by atoms with Crippen molar-refractivity contribution in [2.24, 2.45) is 0 Å². The van der Waals surface area contributed by atoms with Crippen molar-refractivity contribution >= 4 is 0 Å². The van der Waals surface area contributed by atoms with Gasteiger partial charge in [-0.1, -0.05) is 6.92 Å². The third-order valence-electron chi connectivity index (χ3n) is 3.12. The molecule has 2 N–H and O–H groups in total. The summed E-state index contributed by atoms with van der Waals surface area (Å²) >= 11 is 0. The first-order valence-corrected chi connectivity index (χ1v) is 5.95. The normalized spacial score (nSPS) is 19.0. The highest BCUT2D eigenvalue weighted by molar-refractivity contribution is 5.29. The summed E-state index contributed by atoms with van der Waals surface area (Å²) in [6.07, 6.45) is 7.41. The summed E-state index contributed by atoms with van der Waals surface area (Å²) in [5, 5.41) is 3.45. The molecule has 0 amide bonds. The molecule has 1 atom stereocenters. The minimum atomic E-state index is 0.121. The van der Waals surface area contributed by atoms with Crippen molar-refractivity contribution in [3.05, 3.63) is 41.5 Å². The summed E-state index contributed by atoms with van der Waals surface area (Å²) in [6, 6.07) is 0.121. The Morgan fingerprint density at radius 2 is 2.12 bits per heavy atom. The third kappa shape index (κ3) is 1.82. The number of imidazole rings is 1. The SMILES string of the molecule is CCc1ncc([C@H]2NCCc3[nH]cnc32)cn1. The number of aromatic nitrogens is 4. The second-order valence-corrected chi connectivity index (χ2v) is 4.19. The van der Waals surface area contributed by atoms with Crippen molar-refractivity contribution in [1.29, 1.82) is 0 Å². The lowest BCUT2D eigenvalue weighted by Gasteiger charge is -2.22. The molecule has 17 heavy (non-hydrogen) atoms. The van der Waals surface area contributed by atoms with Gasteiger partial charge in [0.25, 0.3) is 0 Å². The fourth-order valence-corrected chi connectivity index (χ4v) is 2.19. The number of rotatable bonds is 2. The summed E-state index contributed by atoms with van der Waals surface area (Å²) in [6.45, 7) is 3.01. The van der Waals surface area contributed by atoms with Crippen LogP contribution in [0.25, 0.3) is 0 Å². The van der Waals surface area contributed by atoms with Gasteiger partial charge < -0.3 is 10.3 Å². The van der Waals surface area contributed by atoms with Gasteiger partial charge in [0.15, 0.2) is 0 Å². The van der Waals surface area contributed by atoms with Crippen LogP contribution >= 0.6 is 0 Å². The first-order valence-electron chi connectivity index (χ1n) is 5.95. The molecule has 88 valence electrons. The zero-order valence-corrected chi connectivity index (χ0v) is 9.77. The molecule has 0 saturated heterocycles. The number of nitrogens with zero attached hydrogens (tertiary/aromatic N) is 3. The van der Waals surface area contributed by atoms with E-state index in [0.29, 0.717) is 0 Å². The fraction of sp³-hybridized carbons (Fsp3) is 0.417. The van der Waals surface area contributed by atoms with Crippen molar-refractivity contribution in [1.82, 2.24) is 25.3 Å². The van der Waals surface area contributed by atoms with Crippen LogP contribution in [0.1, 0.15) is 35.7 Å². The number of fused-ring (bicyclic) bond motifs is 1. The van der Waals surface area contributed by atoms with Gasteiger partial charge >= 0.3 is 0 Å². The summed E-state index contributed by atoms with van der Waals surface area (Å²) in [5.74, 6) is 0.881. The van der Waals surface area contributed by atoms with E-state index in [1.54, 1.807) is 6.33 Å². The van der Waals surface area contributed by atoms with E-state index in [0.717, 1.165) is 36.5 Å². The number of nitrogens with one attached hydrogen (secondary N) is 2. The molecule has 0 aliphatic carbocycles. The molecule has 5 nitrogen and oxygen atoms in total. The van der Waals surface area contributed by atoms with Crippen LogP contribution in [0.3, 0.4) is 0 Å². The van der Waals surface area contributed by atoms with Crippen LogP contribution in [-0.4, -0.2) is 26.5 Å². The summed E-state index contributed by atoms with van der Waals surface area (Å²) < 4.78 is 0. The topological polar surface area (TPSA) is 66.5 Å². The lowest BCUT2D eigenvalue weighted by atomic mass is 10.0. The van der Waals surface area contributed by atoms with Gasteiger partial charge in [-0.3, -0.25) is 0 Å². The molecular weight excluding hydrogens is 214 g/mol. The molecule has 0 spiro atoms. The largest absolute Gasteiger partial charge is 0.348 e. The van der Waals surface area contributed by atoms with E-state index in [1.165, 1.54) is 5.69 Å². The smallest absolute Gasteiger partial charge is 0.127 e. The number of aryl methyl sites for hydroxylation is 1. The molecule has 1 aliphatic heterocycles. The van der Waals surface area contributed by atoms with E-state index in [2.05, 4.69) is 32.2 Å².